The first-order valence-electron chi connectivity index (χ1n) is 9.09. The van der Waals surface area contributed by atoms with E-state index in [0.29, 0.717) is 25.3 Å². The van der Waals surface area contributed by atoms with Crippen LogP contribution in [-0.2, 0) is 6.61 Å². The molecule has 1 aliphatic heterocycles. The third kappa shape index (κ3) is 4.29. The van der Waals surface area contributed by atoms with Crippen LogP contribution in [0.2, 0.25) is 5.02 Å². The minimum Gasteiger partial charge on any atom is -0.487 e. The van der Waals surface area contributed by atoms with E-state index in [0.717, 1.165) is 35.2 Å². The maximum Gasteiger partial charge on any atom is 0.253 e. The molecule has 2 aromatic carbocycles. The Morgan fingerprint density at radius 1 is 1.07 bits per heavy atom. The zero-order valence-electron chi connectivity index (χ0n) is 15.3. The second-order valence-electron chi connectivity index (χ2n) is 6.52. The van der Waals surface area contributed by atoms with Crippen LogP contribution < -0.4 is 9.64 Å². The van der Waals surface area contributed by atoms with Crippen LogP contribution in [0.1, 0.15) is 16.1 Å². The van der Waals surface area contributed by atoms with Crippen LogP contribution in [0.5, 0.6) is 5.75 Å². The van der Waals surface area contributed by atoms with E-state index in [1.165, 1.54) is 0 Å². The van der Waals surface area contributed by atoms with Crippen molar-refractivity contribution in [2.45, 2.75) is 6.61 Å². The van der Waals surface area contributed by atoms with Gasteiger partial charge in [0.1, 0.15) is 12.4 Å². The van der Waals surface area contributed by atoms with Crippen molar-refractivity contribution in [2.24, 2.45) is 0 Å². The van der Waals surface area contributed by atoms with E-state index in [1.54, 1.807) is 16.8 Å². The molecule has 0 atom stereocenters. The van der Waals surface area contributed by atoms with E-state index in [4.69, 9.17) is 16.3 Å². The van der Waals surface area contributed by atoms with Gasteiger partial charge in [-0.05, 0) is 36.4 Å². The standard InChI is InChI=1S/C21H20ClN3O2S/c22-19-3-1-2-4-20(19)24-9-11-25(12-10-24)21(26)16-5-7-18(8-6-16)27-13-17-14-28-15-23-17/h1-8,14-15H,9-13H2. The second kappa shape index (κ2) is 8.63. The fraction of sp³-hybridized carbons (Fsp3) is 0.238. The van der Waals surface area contributed by atoms with Crippen LogP contribution in [0.4, 0.5) is 5.69 Å². The summed E-state index contributed by atoms with van der Waals surface area (Å²) in [7, 11) is 0. The Morgan fingerprint density at radius 3 is 2.50 bits per heavy atom. The zero-order chi connectivity index (χ0) is 19.3. The quantitative estimate of drug-likeness (QED) is 0.624. The lowest BCUT2D eigenvalue weighted by Crippen LogP contribution is -2.48. The summed E-state index contributed by atoms with van der Waals surface area (Å²) in [6, 6.07) is 15.1. The number of anilines is 1. The van der Waals surface area contributed by atoms with Gasteiger partial charge in [-0.1, -0.05) is 23.7 Å². The normalized spacial score (nSPS) is 14.2. The molecule has 1 amide bonds. The number of hydrogen-bond acceptors (Lipinski definition) is 5. The summed E-state index contributed by atoms with van der Waals surface area (Å²) >= 11 is 7.83. The van der Waals surface area contributed by atoms with Crippen LogP contribution >= 0.6 is 22.9 Å². The van der Waals surface area contributed by atoms with Gasteiger partial charge in [0.25, 0.3) is 5.91 Å². The molecule has 1 aromatic heterocycles. The summed E-state index contributed by atoms with van der Waals surface area (Å²) < 4.78 is 5.70. The van der Waals surface area contributed by atoms with E-state index < -0.39 is 0 Å². The number of rotatable bonds is 5. The number of carbonyl (C=O) groups excluding carboxylic acids is 1. The molecule has 28 heavy (non-hydrogen) atoms. The first-order valence-corrected chi connectivity index (χ1v) is 10.4. The van der Waals surface area contributed by atoms with Gasteiger partial charge in [0.05, 0.1) is 21.9 Å². The predicted molar refractivity (Wildman–Crippen MR) is 112 cm³/mol. The highest BCUT2D eigenvalue weighted by Gasteiger charge is 2.23. The Labute approximate surface area is 173 Å². The lowest BCUT2D eigenvalue weighted by atomic mass is 10.1. The summed E-state index contributed by atoms with van der Waals surface area (Å²) in [5.41, 5.74) is 4.39. The smallest absolute Gasteiger partial charge is 0.253 e. The molecule has 0 aliphatic carbocycles. The van der Waals surface area contributed by atoms with Crippen molar-refractivity contribution in [3.8, 4) is 5.75 Å². The maximum absolute atomic E-state index is 12.8. The Balaban J connectivity index is 1.33. The van der Waals surface area contributed by atoms with E-state index in [-0.39, 0.29) is 5.91 Å². The Hall–Kier alpha value is -2.57. The van der Waals surface area contributed by atoms with Gasteiger partial charge in [0, 0.05) is 37.1 Å². The van der Waals surface area contributed by atoms with Gasteiger partial charge in [-0.25, -0.2) is 4.98 Å². The number of aromatic nitrogens is 1. The van der Waals surface area contributed by atoms with Gasteiger partial charge >= 0.3 is 0 Å². The van der Waals surface area contributed by atoms with Gasteiger partial charge in [-0.15, -0.1) is 11.3 Å². The summed E-state index contributed by atoms with van der Waals surface area (Å²) in [5, 5.41) is 2.70. The van der Waals surface area contributed by atoms with Gasteiger partial charge in [-0.2, -0.15) is 0 Å². The Morgan fingerprint density at radius 2 is 1.82 bits per heavy atom. The van der Waals surface area contributed by atoms with E-state index in [1.807, 2.05) is 58.8 Å². The van der Waals surface area contributed by atoms with Crippen molar-refractivity contribution in [1.82, 2.24) is 9.88 Å². The van der Waals surface area contributed by atoms with Crippen LogP contribution in [0.15, 0.2) is 59.4 Å². The van der Waals surface area contributed by atoms with E-state index >= 15 is 0 Å². The fourth-order valence-electron chi connectivity index (χ4n) is 3.20. The Bertz CT molecular complexity index is 923. The number of amides is 1. The molecule has 0 unspecified atom stereocenters. The largest absolute Gasteiger partial charge is 0.487 e. The van der Waals surface area contributed by atoms with Crippen LogP contribution in [0, 0.1) is 0 Å². The molecular weight excluding hydrogens is 394 g/mol. The molecule has 1 saturated heterocycles. The lowest BCUT2D eigenvalue weighted by molar-refractivity contribution is 0.0746. The van der Waals surface area contributed by atoms with Crippen molar-refractivity contribution in [3.05, 3.63) is 75.7 Å². The third-order valence-electron chi connectivity index (χ3n) is 4.73. The number of benzene rings is 2. The number of hydrogen-bond donors (Lipinski definition) is 0. The van der Waals surface area contributed by atoms with Crippen LogP contribution in [0.3, 0.4) is 0 Å². The molecule has 144 valence electrons. The zero-order valence-corrected chi connectivity index (χ0v) is 16.8. The van der Waals surface area contributed by atoms with E-state index in [2.05, 4.69) is 9.88 Å². The summed E-state index contributed by atoms with van der Waals surface area (Å²) in [4.78, 5) is 21.1. The number of piperazine rings is 1. The molecule has 2 heterocycles. The highest BCUT2D eigenvalue weighted by Crippen LogP contribution is 2.26. The predicted octanol–water partition coefficient (Wildman–Crippen LogP) is 4.34. The monoisotopic (exact) mass is 413 g/mol. The average Bonchev–Trinajstić information content (AvgIpc) is 3.26. The maximum atomic E-state index is 12.8. The number of para-hydroxylation sites is 1. The molecular formula is C21H20ClN3O2S. The molecule has 0 saturated carbocycles. The van der Waals surface area contributed by atoms with E-state index in [9.17, 15) is 4.79 Å². The van der Waals surface area contributed by atoms with Crippen molar-refractivity contribution < 1.29 is 9.53 Å². The SMILES string of the molecule is O=C(c1ccc(OCc2cscn2)cc1)N1CCN(c2ccccc2Cl)CC1. The molecule has 0 N–H and O–H groups in total. The van der Waals surface area contributed by atoms with Gasteiger partial charge < -0.3 is 14.5 Å². The number of carbonyl (C=O) groups is 1. The molecule has 0 spiro atoms. The van der Waals surface area contributed by atoms with Crippen LogP contribution in [0.25, 0.3) is 0 Å². The third-order valence-corrected chi connectivity index (χ3v) is 5.69. The first-order chi connectivity index (χ1) is 13.7. The second-order valence-corrected chi connectivity index (χ2v) is 7.65. The highest BCUT2D eigenvalue weighted by atomic mass is 35.5. The highest BCUT2D eigenvalue weighted by molar-refractivity contribution is 7.07. The summed E-state index contributed by atoms with van der Waals surface area (Å²) in [6.45, 7) is 3.31. The van der Waals surface area contributed by atoms with Crippen molar-refractivity contribution in [3.63, 3.8) is 0 Å². The molecule has 3 aromatic rings. The number of nitrogens with zero attached hydrogens (tertiary/aromatic N) is 3. The number of ether oxygens (including phenoxy) is 1. The molecule has 0 bridgehead atoms. The van der Waals surface area contributed by atoms with Crippen LogP contribution in [-0.4, -0.2) is 42.0 Å². The number of thiazole rings is 1. The molecule has 1 fully saturated rings. The van der Waals surface area contributed by atoms with Crippen molar-refractivity contribution in [1.29, 1.82) is 0 Å². The molecule has 0 radical (unpaired) electrons. The molecule has 7 heteroatoms. The minimum atomic E-state index is 0.0462. The van der Waals surface area contributed by atoms with Crippen molar-refractivity contribution in [2.75, 3.05) is 31.1 Å². The molecule has 5 nitrogen and oxygen atoms in total. The van der Waals surface area contributed by atoms with Gasteiger partial charge in [0.15, 0.2) is 0 Å². The first kappa shape index (κ1) is 18.8. The summed E-state index contributed by atoms with van der Waals surface area (Å²) in [6.07, 6.45) is 0. The number of halogens is 1. The minimum absolute atomic E-state index is 0.0462. The van der Waals surface area contributed by atoms with Crippen molar-refractivity contribution >= 4 is 34.5 Å². The summed E-state index contributed by atoms with van der Waals surface area (Å²) in [5.74, 6) is 0.776. The average molecular weight is 414 g/mol. The lowest BCUT2D eigenvalue weighted by Gasteiger charge is -2.36. The molecule has 4 rings (SSSR count). The molecule has 1 aliphatic rings. The van der Waals surface area contributed by atoms with Gasteiger partial charge in [-0.3, -0.25) is 4.79 Å². The van der Waals surface area contributed by atoms with Gasteiger partial charge in [0.2, 0.25) is 0 Å². The Kier molecular flexibility index (Phi) is 5.78. The topological polar surface area (TPSA) is 45.7 Å². The fourth-order valence-corrected chi connectivity index (χ4v) is 4.00.